The quantitative estimate of drug-likeness (QED) is 0.403. The highest BCUT2D eigenvalue weighted by Gasteiger charge is 2.18. The molecule has 0 saturated carbocycles. The number of hydrogen-bond acceptors (Lipinski definition) is 6. The number of hydrazone groups is 1. The lowest BCUT2D eigenvalue weighted by Gasteiger charge is -2.20. The topological polar surface area (TPSA) is 106 Å². The lowest BCUT2D eigenvalue weighted by molar-refractivity contribution is -0.135. The Hall–Kier alpha value is -3.55. The van der Waals surface area contributed by atoms with Crippen molar-refractivity contribution in [1.82, 2.24) is 10.3 Å². The molecule has 0 aliphatic rings. The summed E-state index contributed by atoms with van der Waals surface area (Å²) < 4.78 is 11.4. The van der Waals surface area contributed by atoms with Gasteiger partial charge in [0, 0.05) is 25.3 Å². The van der Waals surface area contributed by atoms with Crippen molar-refractivity contribution in [3.63, 3.8) is 0 Å². The number of likely N-dealkylation sites (N-methyl/N-ethyl adjacent to an activating group) is 1. The van der Waals surface area contributed by atoms with E-state index in [1.165, 1.54) is 11.1 Å². The number of amides is 2. The van der Waals surface area contributed by atoms with Gasteiger partial charge in [0.1, 0.15) is 0 Å². The van der Waals surface area contributed by atoms with E-state index in [-0.39, 0.29) is 11.8 Å². The Kier molecular flexibility index (Phi) is 7.59. The molecule has 0 fully saturated rings. The van der Waals surface area contributed by atoms with E-state index in [0.717, 1.165) is 0 Å². The van der Waals surface area contributed by atoms with Crippen molar-refractivity contribution in [1.29, 1.82) is 0 Å². The number of nitrogen functional groups attached to an aromatic ring is 1. The van der Waals surface area contributed by atoms with E-state index in [1.54, 1.807) is 63.5 Å². The standard InChI is InChI=1S/C21H26N4O4/c1-5-28-19-12-15(6-11-18(19)29-14(2)21(27)25(3)4)13-23-24-20(26)16-7-9-17(22)10-8-16/h6-14H,5,22H2,1-4H3,(H,24,26)/b23-13-/t14-/m0/s1. The lowest BCUT2D eigenvalue weighted by Crippen LogP contribution is -2.35. The molecule has 0 aromatic heterocycles. The number of nitrogens with one attached hydrogen (secondary N) is 1. The van der Waals surface area contributed by atoms with Gasteiger partial charge in [-0.2, -0.15) is 5.10 Å². The van der Waals surface area contributed by atoms with Crippen molar-refractivity contribution in [2.24, 2.45) is 5.10 Å². The summed E-state index contributed by atoms with van der Waals surface area (Å²) in [5.74, 6) is 0.447. The van der Waals surface area contributed by atoms with Crippen LogP contribution < -0.4 is 20.6 Å². The second-order valence-corrected chi connectivity index (χ2v) is 6.45. The normalized spacial score (nSPS) is 11.7. The molecule has 8 nitrogen and oxygen atoms in total. The van der Waals surface area contributed by atoms with E-state index < -0.39 is 6.10 Å². The Bertz CT molecular complexity index is 879. The minimum atomic E-state index is -0.650. The summed E-state index contributed by atoms with van der Waals surface area (Å²) in [6.45, 7) is 3.97. The minimum Gasteiger partial charge on any atom is -0.490 e. The minimum absolute atomic E-state index is 0.150. The SMILES string of the molecule is CCOc1cc(/C=N\NC(=O)c2ccc(N)cc2)ccc1O[C@@H](C)C(=O)N(C)C. The summed E-state index contributed by atoms with van der Waals surface area (Å²) >= 11 is 0. The van der Waals surface area contributed by atoms with Gasteiger partial charge in [0.05, 0.1) is 12.8 Å². The number of benzene rings is 2. The number of ether oxygens (including phenoxy) is 2. The zero-order valence-corrected chi connectivity index (χ0v) is 17.0. The molecule has 2 aromatic rings. The van der Waals surface area contributed by atoms with Crippen LogP contribution in [0.2, 0.25) is 0 Å². The van der Waals surface area contributed by atoms with Crippen LogP contribution in [0.3, 0.4) is 0 Å². The van der Waals surface area contributed by atoms with E-state index in [4.69, 9.17) is 15.2 Å². The van der Waals surface area contributed by atoms with Crippen LogP contribution in [0.5, 0.6) is 11.5 Å². The second kappa shape index (κ2) is 10.1. The van der Waals surface area contributed by atoms with Gasteiger partial charge in [-0.1, -0.05) is 0 Å². The Morgan fingerprint density at radius 3 is 2.48 bits per heavy atom. The van der Waals surface area contributed by atoms with Gasteiger partial charge >= 0.3 is 0 Å². The molecule has 0 aliphatic heterocycles. The molecule has 0 radical (unpaired) electrons. The first-order valence-electron chi connectivity index (χ1n) is 9.15. The molecule has 0 spiro atoms. The predicted molar refractivity (Wildman–Crippen MR) is 112 cm³/mol. The molecule has 154 valence electrons. The predicted octanol–water partition coefficient (Wildman–Crippen LogP) is 2.29. The third kappa shape index (κ3) is 6.24. The van der Waals surface area contributed by atoms with Gasteiger partial charge < -0.3 is 20.1 Å². The number of carbonyl (C=O) groups excluding carboxylic acids is 2. The largest absolute Gasteiger partial charge is 0.490 e. The average Bonchev–Trinajstić information content (AvgIpc) is 2.69. The van der Waals surface area contributed by atoms with Gasteiger partial charge in [0.15, 0.2) is 17.6 Å². The summed E-state index contributed by atoms with van der Waals surface area (Å²) in [5, 5.41) is 3.97. The Morgan fingerprint density at radius 2 is 1.86 bits per heavy atom. The first-order valence-corrected chi connectivity index (χ1v) is 9.15. The summed E-state index contributed by atoms with van der Waals surface area (Å²) in [5.41, 5.74) is 9.80. The van der Waals surface area contributed by atoms with Crippen LogP contribution in [-0.2, 0) is 4.79 Å². The van der Waals surface area contributed by atoms with Gasteiger partial charge in [0.25, 0.3) is 11.8 Å². The van der Waals surface area contributed by atoms with Crippen LogP contribution in [0, 0.1) is 0 Å². The van der Waals surface area contributed by atoms with Crippen molar-refractivity contribution in [3.05, 3.63) is 53.6 Å². The Labute approximate surface area is 170 Å². The van der Waals surface area contributed by atoms with E-state index in [9.17, 15) is 9.59 Å². The maximum atomic E-state index is 12.1. The zero-order chi connectivity index (χ0) is 21.4. The molecule has 3 N–H and O–H groups in total. The smallest absolute Gasteiger partial charge is 0.271 e. The molecule has 1 atom stereocenters. The maximum absolute atomic E-state index is 12.1. The fraction of sp³-hybridized carbons (Fsp3) is 0.286. The summed E-state index contributed by atoms with van der Waals surface area (Å²) in [6, 6.07) is 11.7. The van der Waals surface area contributed by atoms with E-state index in [1.807, 2.05) is 6.92 Å². The molecule has 0 unspecified atom stereocenters. The van der Waals surface area contributed by atoms with Crippen molar-refractivity contribution in [2.75, 3.05) is 26.4 Å². The third-order valence-corrected chi connectivity index (χ3v) is 3.91. The maximum Gasteiger partial charge on any atom is 0.271 e. The van der Waals surface area contributed by atoms with Crippen LogP contribution >= 0.6 is 0 Å². The van der Waals surface area contributed by atoms with E-state index >= 15 is 0 Å². The molecular weight excluding hydrogens is 372 g/mol. The van der Waals surface area contributed by atoms with Gasteiger partial charge in [-0.25, -0.2) is 5.43 Å². The number of nitrogens with two attached hydrogens (primary N) is 1. The number of anilines is 1. The van der Waals surface area contributed by atoms with Gasteiger partial charge in [-0.15, -0.1) is 0 Å². The fourth-order valence-corrected chi connectivity index (χ4v) is 2.44. The number of carbonyl (C=O) groups is 2. The van der Waals surface area contributed by atoms with Gasteiger partial charge in [-0.05, 0) is 61.9 Å². The molecular formula is C21H26N4O4. The van der Waals surface area contributed by atoms with E-state index in [0.29, 0.717) is 34.9 Å². The monoisotopic (exact) mass is 398 g/mol. The first kappa shape index (κ1) is 21.7. The van der Waals surface area contributed by atoms with E-state index in [2.05, 4.69) is 10.5 Å². The lowest BCUT2D eigenvalue weighted by atomic mass is 10.2. The van der Waals surface area contributed by atoms with Gasteiger partial charge in [0.2, 0.25) is 0 Å². The van der Waals surface area contributed by atoms with Crippen molar-refractivity contribution in [2.45, 2.75) is 20.0 Å². The average molecular weight is 398 g/mol. The molecule has 29 heavy (non-hydrogen) atoms. The number of nitrogens with zero attached hydrogens (tertiary/aromatic N) is 2. The van der Waals surface area contributed by atoms with Crippen LogP contribution in [0.4, 0.5) is 5.69 Å². The summed E-state index contributed by atoms with van der Waals surface area (Å²) in [6.07, 6.45) is 0.846. The Balaban J connectivity index is 2.08. The second-order valence-electron chi connectivity index (χ2n) is 6.45. The highest BCUT2D eigenvalue weighted by molar-refractivity contribution is 5.95. The summed E-state index contributed by atoms with van der Waals surface area (Å²) in [7, 11) is 3.34. The van der Waals surface area contributed by atoms with Crippen LogP contribution in [0.15, 0.2) is 47.6 Å². The molecule has 0 bridgehead atoms. The van der Waals surface area contributed by atoms with Crippen LogP contribution in [0.1, 0.15) is 29.8 Å². The molecule has 2 amide bonds. The highest BCUT2D eigenvalue weighted by atomic mass is 16.5. The zero-order valence-electron chi connectivity index (χ0n) is 17.0. The first-order chi connectivity index (χ1) is 13.8. The molecule has 8 heteroatoms. The molecule has 2 rings (SSSR count). The molecule has 2 aromatic carbocycles. The van der Waals surface area contributed by atoms with Gasteiger partial charge in [-0.3, -0.25) is 9.59 Å². The number of rotatable bonds is 8. The molecule has 0 heterocycles. The fourth-order valence-electron chi connectivity index (χ4n) is 2.44. The number of hydrogen-bond donors (Lipinski definition) is 2. The summed E-state index contributed by atoms with van der Waals surface area (Å²) in [4.78, 5) is 25.5. The van der Waals surface area contributed by atoms with Crippen molar-refractivity contribution in [3.8, 4) is 11.5 Å². The third-order valence-electron chi connectivity index (χ3n) is 3.91. The van der Waals surface area contributed by atoms with Crippen molar-refractivity contribution >= 4 is 23.7 Å². The molecule has 0 saturated heterocycles. The van der Waals surface area contributed by atoms with Crippen LogP contribution in [-0.4, -0.2) is 49.7 Å². The highest BCUT2D eigenvalue weighted by Crippen LogP contribution is 2.29. The molecule has 0 aliphatic carbocycles. The Morgan fingerprint density at radius 1 is 1.17 bits per heavy atom. The van der Waals surface area contributed by atoms with Crippen molar-refractivity contribution < 1.29 is 19.1 Å². The van der Waals surface area contributed by atoms with Crippen LogP contribution in [0.25, 0.3) is 0 Å².